The number of hydrazone groups is 1. The molecule has 0 saturated carbocycles. The predicted molar refractivity (Wildman–Crippen MR) is 25.8 cm³/mol. The van der Waals surface area contributed by atoms with Crippen LogP contribution in [0.1, 0.15) is 0 Å². The van der Waals surface area contributed by atoms with Crippen LogP contribution in [0.25, 0.3) is 0 Å². The zero-order valence-electron chi connectivity index (χ0n) is 3.78. The van der Waals surface area contributed by atoms with Gasteiger partial charge in [0.15, 0.2) is 0 Å². The minimum atomic E-state index is -0.912. The Balaban J connectivity index is 3.16. The van der Waals surface area contributed by atoms with Crippen molar-refractivity contribution in [2.45, 2.75) is 6.10 Å². The number of rotatable bonds is 2. The molecule has 0 aliphatic rings. The highest BCUT2D eigenvalue weighted by Crippen LogP contribution is 1.69. The molecule has 0 aromatic rings. The molecule has 0 radical (unpaired) electrons. The molecular formula is C3H8N2O2. The minimum absolute atomic E-state index is 0.333. The zero-order chi connectivity index (χ0) is 5.70. The minimum Gasteiger partial charge on any atom is -0.393 e. The third-order valence-electron chi connectivity index (χ3n) is 0.445. The first-order valence-corrected chi connectivity index (χ1v) is 1.83. The molecule has 4 heteroatoms. The Morgan fingerprint density at radius 1 is 1.86 bits per heavy atom. The van der Waals surface area contributed by atoms with E-state index in [4.69, 9.17) is 10.2 Å². The molecule has 0 amide bonds. The molecule has 7 heavy (non-hydrogen) atoms. The first-order valence-electron chi connectivity index (χ1n) is 1.83. The van der Waals surface area contributed by atoms with Crippen LogP contribution in [-0.4, -0.2) is 29.1 Å². The fourth-order valence-corrected chi connectivity index (χ4v) is 0.146. The van der Waals surface area contributed by atoms with Crippen LogP contribution >= 0.6 is 0 Å². The number of hydrogen-bond donors (Lipinski definition) is 3. The largest absolute Gasteiger partial charge is 0.393 e. The van der Waals surface area contributed by atoms with Crippen LogP contribution in [-0.2, 0) is 0 Å². The van der Waals surface area contributed by atoms with Gasteiger partial charge in [-0.1, -0.05) is 0 Å². The maximum absolute atomic E-state index is 8.38. The van der Waals surface area contributed by atoms with Gasteiger partial charge < -0.3 is 16.1 Å². The molecule has 0 aliphatic heterocycles. The van der Waals surface area contributed by atoms with Gasteiger partial charge in [-0.2, -0.15) is 5.10 Å². The number of hydrogen-bond acceptors (Lipinski definition) is 4. The number of aliphatic hydroxyl groups is 2. The second kappa shape index (κ2) is 3.58. The summed E-state index contributed by atoms with van der Waals surface area (Å²) in [7, 11) is 0. The van der Waals surface area contributed by atoms with Crippen molar-refractivity contribution in [3.8, 4) is 0 Å². The lowest BCUT2D eigenvalue weighted by atomic mass is 10.4. The summed E-state index contributed by atoms with van der Waals surface area (Å²) in [6.45, 7) is -0.333. The molecule has 0 rings (SSSR count). The molecule has 4 nitrogen and oxygen atoms in total. The van der Waals surface area contributed by atoms with Crippen LogP contribution in [0.2, 0.25) is 0 Å². The van der Waals surface area contributed by atoms with Crippen molar-refractivity contribution in [1.82, 2.24) is 0 Å². The normalized spacial score (nSPS) is 15.1. The van der Waals surface area contributed by atoms with E-state index >= 15 is 0 Å². The molecule has 4 N–H and O–H groups in total. The molecule has 0 bridgehead atoms. The van der Waals surface area contributed by atoms with Gasteiger partial charge in [-0.25, -0.2) is 0 Å². The molecule has 0 aliphatic carbocycles. The van der Waals surface area contributed by atoms with Crippen LogP contribution in [0.5, 0.6) is 0 Å². The number of nitrogens with two attached hydrogens (primary N) is 1. The molecular weight excluding hydrogens is 96.0 g/mol. The fourth-order valence-electron chi connectivity index (χ4n) is 0.146. The van der Waals surface area contributed by atoms with Gasteiger partial charge in [0, 0.05) is 0 Å². The molecule has 1 unspecified atom stereocenters. The van der Waals surface area contributed by atoms with Crippen LogP contribution in [0, 0.1) is 0 Å². The molecule has 1 atom stereocenters. The van der Waals surface area contributed by atoms with Gasteiger partial charge in [0.25, 0.3) is 0 Å². The molecule has 0 fully saturated rings. The SMILES string of the molecule is NN=CC(O)CO. The standard InChI is InChI=1S/C3H8N2O2/c4-5-1-3(7)2-6/h1,3,6-7H,2,4H2. The predicted octanol–water partition coefficient (Wildman–Crippen LogP) is -1.72. The van der Waals surface area contributed by atoms with Crippen LogP contribution < -0.4 is 5.84 Å². The molecule has 0 aromatic carbocycles. The van der Waals surface area contributed by atoms with E-state index in [0.717, 1.165) is 6.21 Å². The van der Waals surface area contributed by atoms with Crippen molar-refractivity contribution in [2.24, 2.45) is 10.9 Å². The van der Waals surface area contributed by atoms with Crippen molar-refractivity contribution in [3.05, 3.63) is 0 Å². The second-order valence-electron chi connectivity index (χ2n) is 1.05. The molecule has 0 spiro atoms. The highest BCUT2D eigenvalue weighted by atomic mass is 16.3. The molecule has 0 aromatic heterocycles. The van der Waals surface area contributed by atoms with Gasteiger partial charge in [-0.15, -0.1) is 0 Å². The van der Waals surface area contributed by atoms with Crippen LogP contribution in [0.4, 0.5) is 0 Å². The van der Waals surface area contributed by atoms with Crippen molar-refractivity contribution in [2.75, 3.05) is 6.61 Å². The monoisotopic (exact) mass is 104 g/mol. The van der Waals surface area contributed by atoms with E-state index in [1.165, 1.54) is 0 Å². The van der Waals surface area contributed by atoms with E-state index in [1.807, 2.05) is 0 Å². The van der Waals surface area contributed by atoms with Crippen LogP contribution in [0.3, 0.4) is 0 Å². The van der Waals surface area contributed by atoms with E-state index in [0.29, 0.717) is 0 Å². The van der Waals surface area contributed by atoms with Gasteiger partial charge >= 0.3 is 0 Å². The lowest BCUT2D eigenvalue weighted by Crippen LogP contribution is -2.13. The van der Waals surface area contributed by atoms with E-state index in [1.54, 1.807) is 0 Å². The number of nitrogens with zero attached hydrogens (tertiary/aromatic N) is 1. The lowest BCUT2D eigenvalue weighted by molar-refractivity contribution is 0.148. The smallest absolute Gasteiger partial charge is 0.114 e. The summed E-state index contributed by atoms with van der Waals surface area (Å²) in [5.74, 6) is 4.60. The van der Waals surface area contributed by atoms with Crippen molar-refractivity contribution >= 4 is 6.21 Å². The quantitative estimate of drug-likeness (QED) is 0.221. The Labute approximate surface area is 41.3 Å². The third-order valence-corrected chi connectivity index (χ3v) is 0.445. The zero-order valence-corrected chi connectivity index (χ0v) is 3.78. The maximum atomic E-state index is 8.38. The Morgan fingerprint density at radius 2 is 2.43 bits per heavy atom. The summed E-state index contributed by atoms with van der Waals surface area (Å²) in [6.07, 6.45) is 0.144. The summed E-state index contributed by atoms with van der Waals surface area (Å²) in [5, 5.41) is 19.4. The van der Waals surface area contributed by atoms with Gasteiger partial charge in [-0.3, -0.25) is 0 Å². The average Bonchev–Trinajstić information content (AvgIpc) is 1.68. The van der Waals surface area contributed by atoms with E-state index < -0.39 is 6.10 Å². The molecule has 0 heterocycles. The maximum Gasteiger partial charge on any atom is 0.114 e. The Kier molecular flexibility index (Phi) is 3.26. The molecule has 0 saturated heterocycles. The second-order valence-corrected chi connectivity index (χ2v) is 1.05. The third kappa shape index (κ3) is 3.21. The van der Waals surface area contributed by atoms with E-state index in [-0.39, 0.29) is 6.61 Å². The summed E-state index contributed by atoms with van der Waals surface area (Å²) >= 11 is 0. The summed E-state index contributed by atoms with van der Waals surface area (Å²) < 4.78 is 0. The highest BCUT2D eigenvalue weighted by Gasteiger charge is 1.91. The van der Waals surface area contributed by atoms with Crippen LogP contribution in [0.15, 0.2) is 5.10 Å². The Morgan fingerprint density at radius 3 is 2.57 bits per heavy atom. The highest BCUT2D eigenvalue weighted by molar-refractivity contribution is 5.62. The average molecular weight is 104 g/mol. The summed E-state index contributed by atoms with van der Waals surface area (Å²) in [4.78, 5) is 0. The lowest BCUT2D eigenvalue weighted by Gasteiger charge is -1.93. The first kappa shape index (κ1) is 6.39. The van der Waals surface area contributed by atoms with Gasteiger partial charge in [0.05, 0.1) is 12.8 Å². The van der Waals surface area contributed by atoms with Crippen molar-refractivity contribution in [1.29, 1.82) is 0 Å². The Hall–Kier alpha value is -0.610. The van der Waals surface area contributed by atoms with Gasteiger partial charge in [0.1, 0.15) is 6.10 Å². The van der Waals surface area contributed by atoms with E-state index in [2.05, 4.69) is 10.9 Å². The van der Waals surface area contributed by atoms with Crippen molar-refractivity contribution in [3.63, 3.8) is 0 Å². The fraction of sp³-hybridized carbons (Fsp3) is 0.667. The van der Waals surface area contributed by atoms with Gasteiger partial charge in [-0.05, 0) is 0 Å². The molecule has 42 valence electrons. The van der Waals surface area contributed by atoms with Gasteiger partial charge in [0.2, 0.25) is 0 Å². The summed E-state index contributed by atoms with van der Waals surface area (Å²) in [6, 6.07) is 0. The summed E-state index contributed by atoms with van der Waals surface area (Å²) in [5.41, 5.74) is 0. The van der Waals surface area contributed by atoms with Crippen molar-refractivity contribution < 1.29 is 10.2 Å². The van der Waals surface area contributed by atoms with E-state index in [9.17, 15) is 0 Å². The topological polar surface area (TPSA) is 78.8 Å². The Bertz CT molecular complexity index is 64.0. The number of aliphatic hydroxyl groups excluding tert-OH is 2. The first-order chi connectivity index (χ1) is 3.31.